The lowest BCUT2D eigenvalue weighted by molar-refractivity contribution is 0.479. The van der Waals surface area contributed by atoms with Crippen LogP contribution < -0.4 is 10.0 Å². The standard InChI is InChI=1S/C8H11N3O3S/c9-5-3-7-11(15(12,13)14)8-4-1-2-6-10-8/h1-6H,7,9H2,(H,12,13,14). The Morgan fingerprint density at radius 1 is 1.53 bits per heavy atom. The molecule has 3 N–H and O–H groups in total. The molecule has 15 heavy (non-hydrogen) atoms. The van der Waals surface area contributed by atoms with Crippen molar-refractivity contribution >= 4 is 16.1 Å². The third kappa shape index (κ3) is 3.22. The molecule has 1 aromatic heterocycles. The van der Waals surface area contributed by atoms with Crippen LogP contribution in [0.2, 0.25) is 0 Å². The zero-order valence-corrected chi connectivity index (χ0v) is 8.63. The largest absolute Gasteiger partial charge is 0.405 e. The smallest absolute Gasteiger partial charge is 0.361 e. The minimum absolute atomic E-state index is 0.0631. The van der Waals surface area contributed by atoms with Crippen molar-refractivity contribution in [3.63, 3.8) is 0 Å². The molecule has 0 aromatic carbocycles. The van der Waals surface area contributed by atoms with E-state index in [-0.39, 0.29) is 12.4 Å². The molecule has 0 amide bonds. The van der Waals surface area contributed by atoms with Gasteiger partial charge in [0.15, 0.2) is 0 Å². The summed E-state index contributed by atoms with van der Waals surface area (Å²) in [4.78, 5) is 3.81. The maximum Gasteiger partial charge on any atom is 0.361 e. The fraction of sp³-hybridized carbons (Fsp3) is 0.125. The van der Waals surface area contributed by atoms with Crippen LogP contribution in [0.25, 0.3) is 0 Å². The average Bonchev–Trinajstić information content (AvgIpc) is 2.18. The minimum atomic E-state index is -4.33. The molecule has 0 atom stereocenters. The van der Waals surface area contributed by atoms with Crippen molar-refractivity contribution in [2.45, 2.75) is 0 Å². The molecule has 82 valence electrons. The van der Waals surface area contributed by atoms with E-state index in [0.29, 0.717) is 0 Å². The Morgan fingerprint density at radius 2 is 2.27 bits per heavy atom. The van der Waals surface area contributed by atoms with Crippen LogP contribution in [0, 0.1) is 0 Å². The van der Waals surface area contributed by atoms with E-state index in [0.717, 1.165) is 4.31 Å². The predicted octanol–water partition coefficient (Wildman–Crippen LogP) is 0.163. The summed E-state index contributed by atoms with van der Waals surface area (Å²) in [6.45, 7) is -0.0631. The van der Waals surface area contributed by atoms with Crippen molar-refractivity contribution in [3.05, 3.63) is 36.7 Å². The monoisotopic (exact) mass is 229 g/mol. The summed E-state index contributed by atoms with van der Waals surface area (Å²) in [5.74, 6) is 0.137. The first-order valence-corrected chi connectivity index (χ1v) is 5.48. The van der Waals surface area contributed by atoms with E-state index in [1.165, 1.54) is 24.5 Å². The SMILES string of the molecule is NC=CCN(c1ccccn1)S(=O)(=O)O. The van der Waals surface area contributed by atoms with Gasteiger partial charge in [-0.25, -0.2) is 9.29 Å². The first-order chi connectivity index (χ1) is 7.05. The van der Waals surface area contributed by atoms with Crippen molar-refractivity contribution in [1.82, 2.24) is 4.98 Å². The first kappa shape index (κ1) is 11.5. The zero-order valence-electron chi connectivity index (χ0n) is 7.81. The van der Waals surface area contributed by atoms with E-state index in [2.05, 4.69) is 4.98 Å². The Bertz CT molecular complexity index is 430. The molecule has 0 aliphatic heterocycles. The van der Waals surface area contributed by atoms with E-state index < -0.39 is 10.3 Å². The molecular formula is C8H11N3O3S. The molecule has 1 rings (SSSR count). The van der Waals surface area contributed by atoms with Gasteiger partial charge in [0.25, 0.3) is 0 Å². The van der Waals surface area contributed by atoms with Gasteiger partial charge in [-0.15, -0.1) is 0 Å². The van der Waals surface area contributed by atoms with Gasteiger partial charge in [0.1, 0.15) is 5.82 Å². The third-order valence-electron chi connectivity index (χ3n) is 1.59. The molecule has 0 bridgehead atoms. The molecule has 1 heterocycles. The molecule has 0 saturated heterocycles. The maximum atomic E-state index is 11.0. The van der Waals surface area contributed by atoms with Crippen LogP contribution in [0.5, 0.6) is 0 Å². The maximum absolute atomic E-state index is 11.0. The summed E-state index contributed by atoms with van der Waals surface area (Å²) < 4.78 is 31.7. The zero-order chi connectivity index (χ0) is 11.3. The second-order valence-electron chi connectivity index (χ2n) is 2.62. The van der Waals surface area contributed by atoms with Crippen LogP contribution in [0.15, 0.2) is 36.7 Å². The van der Waals surface area contributed by atoms with Crippen molar-refractivity contribution in [2.24, 2.45) is 5.73 Å². The van der Waals surface area contributed by atoms with E-state index in [4.69, 9.17) is 10.3 Å². The van der Waals surface area contributed by atoms with Crippen LogP contribution in [-0.2, 0) is 10.3 Å². The van der Waals surface area contributed by atoms with Crippen molar-refractivity contribution in [3.8, 4) is 0 Å². The van der Waals surface area contributed by atoms with Gasteiger partial charge in [0, 0.05) is 6.20 Å². The lowest BCUT2D eigenvalue weighted by atomic mass is 10.4. The quantitative estimate of drug-likeness (QED) is 0.717. The van der Waals surface area contributed by atoms with Crippen LogP contribution in [0.1, 0.15) is 0 Å². The molecule has 0 fully saturated rings. The topological polar surface area (TPSA) is 96.5 Å². The molecule has 0 aliphatic rings. The van der Waals surface area contributed by atoms with Crippen LogP contribution in [-0.4, -0.2) is 24.5 Å². The Kier molecular flexibility index (Phi) is 3.64. The van der Waals surface area contributed by atoms with E-state index in [1.54, 1.807) is 12.1 Å². The number of pyridine rings is 1. The Balaban J connectivity index is 3.02. The molecule has 0 spiro atoms. The summed E-state index contributed by atoms with van der Waals surface area (Å²) >= 11 is 0. The number of aromatic nitrogens is 1. The summed E-state index contributed by atoms with van der Waals surface area (Å²) in [7, 11) is -4.33. The Labute approximate surface area is 87.9 Å². The highest BCUT2D eigenvalue weighted by Crippen LogP contribution is 2.12. The average molecular weight is 229 g/mol. The van der Waals surface area contributed by atoms with Gasteiger partial charge in [0.05, 0.1) is 6.54 Å². The number of nitrogens with zero attached hydrogens (tertiary/aromatic N) is 2. The Morgan fingerprint density at radius 3 is 2.73 bits per heavy atom. The highest BCUT2D eigenvalue weighted by Gasteiger charge is 2.18. The van der Waals surface area contributed by atoms with E-state index >= 15 is 0 Å². The van der Waals surface area contributed by atoms with Gasteiger partial charge in [-0.05, 0) is 24.4 Å². The lowest BCUT2D eigenvalue weighted by Crippen LogP contribution is -2.31. The number of nitrogens with two attached hydrogens (primary N) is 1. The minimum Gasteiger partial charge on any atom is -0.405 e. The van der Waals surface area contributed by atoms with Gasteiger partial charge >= 0.3 is 10.3 Å². The van der Waals surface area contributed by atoms with E-state index in [1.807, 2.05) is 0 Å². The number of anilines is 1. The summed E-state index contributed by atoms with van der Waals surface area (Å²) in [6, 6.07) is 4.73. The molecule has 0 radical (unpaired) electrons. The first-order valence-electron chi connectivity index (χ1n) is 4.08. The highest BCUT2D eigenvalue weighted by molar-refractivity contribution is 7.87. The van der Waals surface area contributed by atoms with Gasteiger partial charge in [-0.1, -0.05) is 6.07 Å². The van der Waals surface area contributed by atoms with Gasteiger partial charge in [0.2, 0.25) is 0 Å². The van der Waals surface area contributed by atoms with Gasteiger partial charge < -0.3 is 5.73 Å². The lowest BCUT2D eigenvalue weighted by Gasteiger charge is -2.17. The van der Waals surface area contributed by atoms with Crippen LogP contribution in [0.3, 0.4) is 0 Å². The van der Waals surface area contributed by atoms with Crippen LogP contribution in [0.4, 0.5) is 5.82 Å². The Hall–Kier alpha value is -1.60. The number of rotatable bonds is 4. The molecule has 6 nitrogen and oxygen atoms in total. The third-order valence-corrected chi connectivity index (χ3v) is 2.48. The van der Waals surface area contributed by atoms with Gasteiger partial charge in [-0.2, -0.15) is 8.42 Å². The normalized spacial score (nSPS) is 11.8. The fourth-order valence-electron chi connectivity index (χ4n) is 0.964. The summed E-state index contributed by atoms with van der Waals surface area (Å²) in [5, 5.41) is 0. The van der Waals surface area contributed by atoms with Gasteiger partial charge in [-0.3, -0.25) is 4.55 Å². The second kappa shape index (κ2) is 4.76. The molecule has 0 unspecified atom stereocenters. The molecule has 0 aliphatic carbocycles. The van der Waals surface area contributed by atoms with Crippen molar-refractivity contribution in [2.75, 3.05) is 10.8 Å². The molecule has 7 heteroatoms. The predicted molar refractivity (Wildman–Crippen MR) is 56.5 cm³/mol. The molecule has 0 saturated carbocycles. The van der Waals surface area contributed by atoms with Crippen molar-refractivity contribution in [1.29, 1.82) is 0 Å². The number of hydrogen-bond donors (Lipinski definition) is 2. The summed E-state index contributed by atoms with van der Waals surface area (Å²) in [6.07, 6.45) is 4.02. The van der Waals surface area contributed by atoms with Crippen LogP contribution >= 0.6 is 0 Å². The fourth-order valence-corrected chi connectivity index (χ4v) is 1.58. The second-order valence-corrected chi connectivity index (χ2v) is 3.96. The van der Waals surface area contributed by atoms with E-state index in [9.17, 15) is 8.42 Å². The number of hydrogen-bond acceptors (Lipinski definition) is 4. The molecule has 1 aromatic rings. The van der Waals surface area contributed by atoms with Crippen molar-refractivity contribution < 1.29 is 13.0 Å². The molecular weight excluding hydrogens is 218 g/mol. The highest BCUT2D eigenvalue weighted by atomic mass is 32.2. The summed E-state index contributed by atoms with van der Waals surface area (Å²) in [5.41, 5.74) is 5.09.